The smallest absolute Gasteiger partial charge is 0.148 e. The molecule has 0 spiro atoms. The van der Waals surface area contributed by atoms with Crippen molar-refractivity contribution >= 4 is 25.1 Å². The van der Waals surface area contributed by atoms with Gasteiger partial charge in [-0.15, -0.1) is 0 Å². The Hall–Kier alpha value is -1.40. The van der Waals surface area contributed by atoms with Crippen LogP contribution in [0.3, 0.4) is 0 Å². The summed E-state index contributed by atoms with van der Waals surface area (Å²) in [5, 5.41) is 17.2. The number of hydrogen-bond donors (Lipinski definition) is 2. The van der Waals surface area contributed by atoms with E-state index < -0.39 is 12.2 Å². The second kappa shape index (κ2) is 15.6. The molecule has 0 fully saturated rings. The third kappa shape index (κ3) is 17.0. The lowest BCUT2D eigenvalue weighted by Gasteiger charge is -1.97. The molecule has 0 rings (SSSR count). The van der Waals surface area contributed by atoms with Gasteiger partial charge < -0.3 is 29.4 Å². The number of aldehydes is 4. The van der Waals surface area contributed by atoms with Crippen LogP contribution in [0.2, 0.25) is 0 Å². The van der Waals surface area contributed by atoms with E-state index in [1.807, 2.05) is 0 Å². The van der Waals surface area contributed by atoms with Gasteiger partial charge in [-0.05, 0) is 25.7 Å². The van der Waals surface area contributed by atoms with Gasteiger partial charge in [0.25, 0.3) is 0 Å². The first-order chi connectivity index (χ1) is 8.62. The third-order valence-electron chi connectivity index (χ3n) is 1.96. The summed E-state index contributed by atoms with van der Waals surface area (Å²) >= 11 is 0. The van der Waals surface area contributed by atoms with Crippen LogP contribution in [-0.4, -0.2) is 47.6 Å². The lowest BCUT2D eigenvalue weighted by molar-refractivity contribution is -0.115. The normalized spacial score (nSPS) is 12.6. The highest BCUT2D eigenvalue weighted by atomic mass is 16.3. The molecule has 0 aromatic rings. The monoisotopic (exact) mass is 260 g/mol. The molecule has 6 nitrogen and oxygen atoms in total. The fraction of sp³-hybridized carbons (Fsp3) is 0.667. The van der Waals surface area contributed by atoms with Crippen molar-refractivity contribution in [3.63, 3.8) is 0 Å². The summed E-state index contributed by atoms with van der Waals surface area (Å²) < 4.78 is 0. The van der Waals surface area contributed by atoms with E-state index in [0.717, 1.165) is 12.6 Å². The summed E-state index contributed by atoms with van der Waals surface area (Å²) in [5.74, 6) is 0. The second-order valence-corrected chi connectivity index (χ2v) is 3.60. The van der Waals surface area contributed by atoms with Gasteiger partial charge in [0, 0.05) is 12.8 Å². The Morgan fingerprint density at radius 2 is 1.06 bits per heavy atom. The lowest BCUT2D eigenvalue weighted by Crippen LogP contribution is -2.06. The number of aliphatic hydroxyl groups is 2. The molecular formula is C12H20O6. The van der Waals surface area contributed by atoms with Crippen molar-refractivity contribution in [1.29, 1.82) is 0 Å². The molecule has 18 heavy (non-hydrogen) atoms. The molecule has 0 bridgehead atoms. The molecule has 0 aromatic carbocycles. The Balaban J connectivity index is 0. The number of carbonyl (C=O) groups is 4. The van der Waals surface area contributed by atoms with E-state index in [1.54, 1.807) is 0 Å². The van der Waals surface area contributed by atoms with Gasteiger partial charge >= 0.3 is 0 Å². The minimum absolute atomic E-state index is 0.391. The summed E-state index contributed by atoms with van der Waals surface area (Å²) in [6.07, 6.45) is 3.53. The van der Waals surface area contributed by atoms with E-state index in [-0.39, 0.29) is 0 Å². The Morgan fingerprint density at radius 1 is 0.722 bits per heavy atom. The molecule has 2 unspecified atom stereocenters. The quantitative estimate of drug-likeness (QED) is 0.417. The molecule has 0 saturated heterocycles. The molecule has 2 N–H and O–H groups in total. The summed E-state index contributed by atoms with van der Waals surface area (Å²) in [5.41, 5.74) is 0. The van der Waals surface area contributed by atoms with Crippen molar-refractivity contribution in [1.82, 2.24) is 0 Å². The lowest BCUT2D eigenvalue weighted by atomic mass is 10.2. The van der Waals surface area contributed by atoms with E-state index in [0.29, 0.717) is 51.1 Å². The minimum atomic E-state index is -0.884. The summed E-state index contributed by atoms with van der Waals surface area (Å²) in [7, 11) is 0. The van der Waals surface area contributed by atoms with Crippen LogP contribution >= 0.6 is 0 Å². The van der Waals surface area contributed by atoms with Crippen LogP contribution < -0.4 is 0 Å². The predicted octanol–water partition coefficient (Wildman–Crippen LogP) is -0.169. The van der Waals surface area contributed by atoms with E-state index in [9.17, 15) is 19.2 Å². The van der Waals surface area contributed by atoms with Crippen molar-refractivity contribution in [2.75, 3.05) is 0 Å². The van der Waals surface area contributed by atoms with Crippen molar-refractivity contribution in [2.45, 2.75) is 50.7 Å². The van der Waals surface area contributed by atoms with Gasteiger partial charge in [-0.25, -0.2) is 0 Å². The molecule has 6 heteroatoms. The highest BCUT2D eigenvalue weighted by Gasteiger charge is 1.99. The molecule has 0 aliphatic heterocycles. The largest absolute Gasteiger partial charge is 0.386 e. The van der Waals surface area contributed by atoms with Gasteiger partial charge in [-0.1, -0.05) is 0 Å². The second-order valence-electron chi connectivity index (χ2n) is 3.60. The van der Waals surface area contributed by atoms with Gasteiger partial charge in [0.15, 0.2) is 0 Å². The Kier molecular flexibility index (Phi) is 16.4. The Morgan fingerprint density at radius 3 is 1.28 bits per heavy atom. The highest BCUT2D eigenvalue weighted by molar-refractivity contribution is 5.56. The van der Waals surface area contributed by atoms with Gasteiger partial charge in [0.05, 0.1) is 0 Å². The van der Waals surface area contributed by atoms with E-state index in [2.05, 4.69) is 0 Å². The average Bonchev–Trinajstić information content (AvgIpc) is 2.39. The molecule has 0 saturated carbocycles. The summed E-state index contributed by atoms with van der Waals surface area (Å²) in [4.78, 5) is 38.9. The molecule has 104 valence electrons. The van der Waals surface area contributed by atoms with Crippen molar-refractivity contribution in [3.8, 4) is 0 Å². The van der Waals surface area contributed by atoms with Gasteiger partial charge in [0.2, 0.25) is 0 Å². The van der Waals surface area contributed by atoms with Crippen LogP contribution in [0.15, 0.2) is 0 Å². The van der Waals surface area contributed by atoms with Gasteiger partial charge in [0.1, 0.15) is 37.4 Å². The topological polar surface area (TPSA) is 109 Å². The number of carbonyl (C=O) groups excluding carboxylic acids is 4. The SMILES string of the molecule is O=CCCCC(O)C=O.O=CCCCC(O)C=O. The zero-order chi connectivity index (χ0) is 14.2. The fourth-order valence-electron chi connectivity index (χ4n) is 0.957. The number of aliphatic hydroxyl groups excluding tert-OH is 2. The van der Waals surface area contributed by atoms with E-state index in [1.165, 1.54) is 0 Å². The maximum Gasteiger partial charge on any atom is 0.148 e. The first-order valence-electron chi connectivity index (χ1n) is 5.76. The molecular weight excluding hydrogens is 240 g/mol. The number of unbranched alkanes of at least 4 members (excludes halogenated alkanes) is 2. The zero-order valence-corrected chi connectivity index (χ0v) is 10.2. The van der Waals surface area contributed by atoms with Crippen LogP contribution in [0, 0.1) is 0 Å². The number of hydrogen-bond acceptors (Lipinski definition) is 6. The van der Waals surface area contributed by atoms with Crippen LogP contribution in [0.5, 0.6) is 0 Å². The third-order valence-corrected chi connectivity index (χ3v) is 1.96. The highest BCUT2D eigenvalue weighted by Crippen LogP contribution is 1.96. The Bertz CT molecular complexity index is 205. The molecule has 2 atom stereocenters. The predicted molar refractivity (Wildman–Crippen MR) is 64.0 cm³/mol. The zero-order valence-electron chi connectivity index (χ0n) is 10.2. The van der Waals surface area contributed by atoms with Crippen molar-refractivity contribution in [2.24, 2.45) is 0 Å². The first kappa shape index (κ1) is 19.0. The molecule has 0 aliphatic rings. The minimum Gasteiger partial charge on any atom is -0.386 e. The molecule has 0 radical (unpaired) electrons. The fourth-order valence-corrected chi connectivity index (χ4v) is 0.957. The van der Waals surface area contributed by atoms with Crippen LogP contribution in [-0.2, 0) is 19.2 Å². The van der Waals surface area contributed by atoms with Crippen molar-refractivity contribution in [3.05, 3.63) is 0 Å². The maximum absolute atomic E-state index is 9.76. The van der Waals surface area contributed by atoms with Gasteiger partial charge in [-0.3, -0.25) is 0 Å². The summed E-state index contributed by atoms with van der Waals surface area (Å²) in [6, 6.07) is 0. The Labute approximate surface area is 106 Å². The molecule has 0 aromatic heterocycles. The van der Waals surface area contributed by atoms with Crippen molar-refractivity contribution < 1.29 is 29.4 Å². The van der Waals surface area contributed by atoms with Gasteiger partial charge in [-0.2, -0.15) is 0 Å². The number of rotatable bonds is 10. The van der Waals surface area contributed by atoms with E-state index >= 15 is 0 Å². The molecule has 0 aliphatic carbocycles. The summed E-state index contributed by atoms with van der Waals surface area (Å²) in [6.45, 7) is 0. The maximum atomic E-state index is 9.76. The van der Waals surface area contributed by atoms with Crippen LogP contribution in [0.4, 0.5) is 0 Å². The van der Waals surface area contributed by atoms with Crippen LogP contribution in [0.1, 0.15) is 38.5 Å². The van der Waals surface area contributed by atoms with Crippen LogP contribution in [0.25, 0.3) is 0 Å². The first-order valence-corrected chi connectivity index (χ1v) is 5.76. The average molecular weight is 260 g/mol. The molecule has 0 heterocycles. The molecule has 0 amide bonds. The standard InChI is InChI=1S/2C6H10O3/c2*7-4-2-1-3-6(9)5-8/h2*4-6,9H,1-3H2. The van der Waals surface area contributed by atoms with E-state index in [4.69, 9.17) is 10.2 Å².